The van der Waals surface area contributed by atoms with Crippen LogP contribution in [0.1, 0.15) is 85.6 Å². The Kier molecular flexibility index (Phi) is 9.98. The van der Waals surface area contributed by atoms with Gasteiger partial charge in [0.05, 0.1) is 0 Å². The molecule has 0 aliphatic heterocycles. The molecule has 0 radical (unpaired) electrons. The van der Waals surface area contributed by atoms with E-state index in [4.69, 9.17) is 9.47 Å². The van der Waals surface area contributed by atoms with Crippen molar-refractivity contribution >= 4 is 18.0 Å². The quantitative estimate of drug-likeness (QED) is 0.456. The average molecular weight is 491 g/mol. The van der Waals surface area contributed by atoms with Crippen LogP contribution in [-0.4, -0.2) is 46.4 Å². The van der Waals surface area contributed by atoms with Gasteiger partial charge in [0.1, 0.15) is 29.0 Å². The first-order valence-corrected chi connectivity index (χ1v) is 12.5. The first kappa shape index (κ1) is 28.5. The normalized spacial score (nSPS) is 16.6. The highest BCUT2D eigenvalue weighted by Crippen LogP contribution is 2.27. The van der Waals surface area contributed by atoms with Gasteiger partial charge in [-0.1, -0.05) is 44.2 Å². The summed E-state index contributed by atoms with van der Waals surface area (Å²) in [6.07, 6.45) is 5.23. The Bertz CT molecular complexity index is 848. The molecule has 0 bridgehead atoms. The predicted octanol–water partition coefficient (Wildman–Crippen LogP) is 4.84. The molecule has 1 aliphatic carbocycles. The summed E-state index contributed by atoms with van der Waals surface area (Å²) >= 11 is 0. The highest BCUT2D eigenvalue weighted by atomic mass is 16.6. The Hall–Kier alpha value is -2.77. The number of hydrogen-bond acceptors (Lipinski definition) is 5. The van der Waals surface area contributed by atoms with Crippen molar-refractivity contribution in [3.8, 4) is 5.75 Å². The maximum atomic E-state index is 13.2. The molecule has 1 aromatic rings. The maximum Gasteiger partial charge on any atom is 0.408 e. The monoisotopic (exact) mass is 490 g/mol. The van der Waals surface area contributed by atoms with E-state index in [-0.39, 0.29) is 12.0 Å². The minimum atomic E-state index is -1.14. The van der Waals surface area contributed by atoms with Gasteiger partial charge in [-0.3, -0.25) is 4.79 Å². The summed E-state index contributed by atoms with van der Waals surface area (Å²) in [5.74, 6) is -0.664. The van der Waals surface area contributed by atoms with Gasteiger partial charge >= 0.3 is 12.1 Å². The third kappa shape index (κ3) is 11.0. The molecule has 1 aliphatic rings. The van der Waals surface area contributed by atoms with Crippen LogP contribution in [-0.2, 0) is 20.7 Å². The molecule has 8 heteroatoms. The molecule has 2 atom stereocenters. The van der Waals surface area contributed by atoms with Crippen molar-refractivity contribution in [3.63, 3.8) is 0 Å². The Labute approximate surface area is 209 Å². The van der Waals surface area contributed by atoms with Crippen molar-refractivity contribution in [2.24, 2.45) is 5.92 Å². The van der Waals surface area contributed by atoms with Crippen LogP contribution in [0.15, 0.2) is 24.3 Å². The van der Waals surface area contributed by atoms with Crippen molar-refractivity contribution in [1.82, 2.24) is 10.6 Å². The molecule has 1 fully saturated rings. The number of carbonyl (C=O) groups excluding carboxylic acids is 2. The van der Waals surface area contributed by atoms with Gasteiger partial charge in [0.15, 0.2) is 0 Å². The van der Waals surface area contributed by atoms with Crippen LogP contribution in [0.25, 0.3) is 0 Å². The number of carboxylic acid groups (broad SMARTS) is 1. The van der Waals surface area contributed by atoms with Gasteiger partial charge in [-0.2, -0.15) is 0 Å². The van der Waals surface area contributed by atoms with Gasteiger partial charge < -0.3 is 25.2 Å². The highest BCUT2D eigenvalue weighted by molar-refractivity contribution is 5.89. The SMILES string of the molecule is CC(C)(C)OC(=O)N[C@@H](CC1CCCCC1)C(=O)N[C@@H](Cc1ccc(OC(C)(C)C)cc1)C(=O)O. The molecular formula is C27H42N2O6. The Morgan fingerprint density at radius 2 is 1.51 bits per heavy atom. The Morgan fingerprint density at radius 3 is 2.03 bits per heavy atom. The van der Waals surface area contributed by atoms with Crippen LogP contribution in [0.2, 0.25) is 0 Å². The minimum absolute atomic E-state index is 0.111. The molecule has 2 rings (SSSR count). The lowest BCUT2D eigenvalue weighted by Crippen LogP contribution is -2.53. The van der Waals surface area contributed by atoms with E-state index in [1.165, 1.54) is 6.42 Å². The van der Waals surface area contributed by atoms with Crippen molar-refractivity contribution in [2.75, 3.05) is 0 Å². The molecule has 3 N–H and O–H groups in total. The number of carboxylic acids is 1. The van der Waals surface area contributed by atoms with Crippen LogP contribution in [0, 0.1) is 5.92 Å². The van der Waals surface area contributed by atoms with Gasteiger partial charge in [-0.25, -0.2) is 9.59 Å². The second-order valence-corrected chi connectivity index (χ2v) is 11.4. The Morgan fingerprint density at radius 1 is 0.914 bits per heavy atom. The molecule has 0 spiro atoms. The maximum absolute atomic E-state index is 13.2. The standard InChI is InChI=1S/C27H42N2O6/c1-26(2,3)34-20-14-12-19(13-15-20)17-22(24(31)32)28-23(30)21(16-18-10-8-7-9-11-18)29-25(33)35-27(4,5)6/h12-15,18,21-22H,7-11,16-17H2,1-6H3,(H,28,30)(H,29,33)(H,31,32)/t21-,22-/m0/s1. The van der Waals surface area contributed by atoms with Crippen LogP contribution in [0.4, 0.5) is 4.79 Å². The zero-order valence-corrected chi connectivity index (χ0v) is 22.0. The molecule has 8 nitrogen and oxygen atoms in total. The molecule has 1 aromatic carbocycles. The number of aliphatic carboxylic acids is 1. The number of benzene rings is 1. The molecular weight excluding hydrogens is 448 g/mol. The second-order valence-electron chi connectivity index (χ2n) is 11.4. The summed E-state index contributed by atoms with van der Waals surface area (Å²) in [5, 5.41) is 15.1. The number of nitrogens with one attached hydrogen (secondary N) is 2. The zero-order valence-electron chi connectivity index (χ0n) is 22.0. The summed E-state index contributed by atoms with van der Waals surface area (Å²) in [5.41, 5.74) is -0.293. The number of ether oxygens (including phenoxy) is 2. The first-order chi connectivity index (χ1) is 16.2. The summed E-state index contributed by atoms with van der Waals surface area (Å²) in [4.78, 5) is 37.5. The van der Waals surface area contributed by atoms with Crippen molar-refractivity contribution in [1.29, 1.82) is 0 Å². The van der Waals surface area contributed by atoms with Gasteiger partial charge in [0, 0.05) is 6.42 Å². The van der Waals surface area contributed by atoms with E-state index >= 15 is 0 Å². The van der Waals surface area contributed by atoms with E-state index in [0.717, 1.165) is 31.2 Å². The van der Waals surface area contributed by atoms with E-state index in [0.29, 0.717) is 18.1 Å². The van der Waals surface area contributed by atoms with Gasteiger partial charge in [0.25, 0.3) is 0 Å². The van der Waals surface area contributed by atoms with E-state index in [2.05, 4.69) is 10.6 Å². The second kappa shape index (κ2) is 12.3. The topological polar surface area (TPSA) is 114 Å². The van der Waals surface area contributed by atoms with Crippen molar-refractivity contribution in [3.05, 3.63) is 29.8 Å². The zero-order chi connectivity index (χ0) is 26.2. The Balaban J connectivity index is 2.09. The van der Waals surface area contributed by atoms with Crippen molar-refractivity contribution < 1.29 is 29.0 Å². The summed E-state index contributed by atoms with van der Waals surface area (Å²) in [6.45, 7) is 11.1. The lowest BCUT2D eigenvalue weighted by Gasteiger charge is -2.28. The van der Waals surface area contributed by atoms with E-state index < -0.39 is 35.7 Å². The number of amides is 2. The van der Waals surface area contributed by atoms with Gasteiger partial charge in [0.2, 0.25) is 5.91 Å². The lowest BCUT2D eigenvalue weighted by molar-refractivity contribution is -0.142. The molecule has 2 amide bonds. The number of rotatable bonds is 9. The van der Waals surface area contributed by atoms with Crippen LogP contribution < -0.4 is 15.4 Å². The van der Waals surface area contributed by atoms with Crippen molar-refractivity contribution in [2.45, 2.75) is 110 Å². The molecule has 0 heterocycles. The minimum Gasteiger partial charge on any atom is -0.488 e. The highest BCUT2D eigenvalue weighted by Gasteiger charge is 2.31. The number of alkyl carbamates (subject to hydrolysis) is 1. The molecule has 196 valence electrons. The molecule has 0 unspecified atom stereocenters. The smallest absolute Gasteiger partial charge is 0.408 e. The molecule has 0 aromatic heterocycles. The predicted molar refractivity (Wildman–Crippen MR) is 134 cm³/mol. The first-order valence-electron chi connectivity index (χ1n) is 12.5. The van der Waals surface area contributed by atoms with E-state index in [1.54, 1.807) is 45.0 Å². The fourth-order valence-corrected chi connectivity index (χ4v) is 4.19. The van der Waals surface area contributed by atoms with Gasteiger partial charge in [-0.05, 0) is 71.6 Å². The van der Waals surface area contributed by atoms with E-state index in [1.807, 2.05) is 20.8 Å². The fourth-order valence-electron chi connectivity index (χ4n) is 4.19. The largest absolute Gasteiger partial charge is 0.488 e. The average Bonchev–Trinajstić information content (AvgIpc) is 2.72. The lowest BCUT2D eigenvalue weighted by atomic mass is 9.84. The van der Waals surface area contributed by atoms with E-state index in [9.17, 15) is 19.5 Å². The number of hydrogen-bond donors (Lipinski definition) is 3. The molecule has 1 saturated carbocycles. The third-order valence-electron chi connectivity index (χ3n) is 5.70. The molecule has 35 heavy (non-hydrogen) atoms. The number of carbonyl (C=O) groups is 3. The summed E-state index contributed by atoms with van der Waals surface area (Å²) in [6, 6.07) is 5.17. The van der Waals surface area contributed by atoms with Crippen LogP contribution in [0.5, 0.6) is 5.75 Å². The molecule has 0 saturated heterocycles. The summed E-state index contributed by atoms with van der Waals surface area (Å²) in [7, 11) is 0. The van der Waals surface area contributed by atoms with Crippen LogP contribution in [0.3, 0.4) is 0 Å². The third-order valence-corrected chi connectivity index (χ3v) is 5.70. The fraction of sp³-hybridized carbons (Fsp3) is 0.667. The summed E-state index contributed by atoms with van der Waals surface area (Å²) < 4.78 is 11.2. The van der Waals surface area contributed by atoms with Crippen LogP contribution >= 0.6 is 0 Å². The van der Waals surface area contributed by atoms with Gasteiger partial charge in [-0.15, -0.1) is 0 Å².